The average molecular weight is 375 g/mol. The summed E-state index contributed by atoms with van der Waals surface area (Å²) >= 11 is 0. The third kappa shape index (κ3) is 5.05. The first-order chi connectivity index (χ1) is 13.6. The van der Waals surface area contributed by atoms with Crippen molar-refractivity contribution in [1.29, 1.82) is 0 Å². The van der Waals surface area contributed by atoms with Gasteiger partial charge in [0.05, 0.1) is 5.92 Å². The van der Waals surface area contributed by atoms with E-state index in [9.17, 15) is 14.7 Å². The molecule has 2 N–H and O–H groups in total. The summed E-state index contributed by atoms with van der Waals surface area (Å²) in [5.74, 6) is -0.643. The Morgan fingerprint density at radius 3 is 2.46 bits per heavy atom. The zero-order valence-electron chi connectivity index (χ0n) is 16.0. The number of ketones is 2. The second-order valence-electron chi connectivity index (χ2n) is 7.08. The summed E-state index contributed by atoms with van der Waals surface area (Å²) in [4.78, 5) is 25.4. The van der Waals surface area contributed by atoms with E-state index in [0.717, 1.165) is 29.7 Å². The van der Waals surface area contributed by atoms with Crippen molar-refractivity contribution >= 4 is 23.7 Å². The van der Waals surface area contributed by atoms with Crippen molar-refractivity contribution in [2.24, 2.45) is 5.92 Å². The lowest BCUT2D eigenvalue weighted by Crippen LogP contribution is -2.27. The zero-order valence-corrected chi connectivity index (χ0v) is 16.0. The van der Waals surface area contributed by atoms with Crippen molar-refractivity contribution < 1.29 is 14.7 Å². The normalized spacial score (nSPS) is 18.7. The largest absolute Gasteiger partial charge is 0.508 e. The van der Waals surface area contributed by atoms with Gasteiger partial charge in [-0.3, -0.25) is 9.59 Å². The molecule has 4 heteroatoms. The van der Waals surface area contributed by atoms with Crippen LogP contribution >= 0.6 is 0 Å². The topological polar surface area (TPSA) is 66.4 Å². The van der Waals surface area contributed by atoms with Gasteiger partial charge >= 0.3 is 0 Å². The molecule has 2 aromatic carbocycles. The fourth-order valence-electron chi connectivity index (χ4n) is 3.41. The number of aromatic hydroxyl groups is 1. The molecule has 144 valence electrons. The number of Topliss-reactive ketones (excluding diaryl/α,β-unsaturated/α-hetero) is 1. The Bertz CT molecular complexity index is 892. The van der Waals surface area contributed by atoms with Gasteiger partial charge in [0.25, 0.3) is 0 Å². The van der Waals surface area contributed by atoms with Crippen LogP contribution in [0.2, 0.25) is 0 Å². The molecule has 3 rings (SSSR count). The maximum Gasteiger partial charge on any atom is 0.169 e. The van der Waals surface area contributed by atoms with Gasteiger partial charge in [-0.1, -0.05) is 42.5 Å². The number of allylic oxidation sites excluding steroid dienone is 2. The Labute approximate surface area is 165 Å². The van der Waals surface area contributed by atoms with Crippen molar-refractivity contribution in [2.45, 2.75) is 25.8 Å². The van der Waals surface area contributed by atoms with Gasteiger partial charge in [0, 0.05) is 6.54 Å². The Hall–Kier alpha value is -2.98. The summed E-state index contributed by atoms with van der Waals surface area (Å²) in [5.41, 5.74) is 3.71. The maximum atomic E-state index is 12.8. The molecule has 28 heavy (non-hydrogen) atoms. The van der Waals surface area contributed by atoms with Crippen molar-refractivity contribution in [1.82, 2.24) is 5.32 Å². The van der Waals surface area contributed by atoms with Gasteiger partial charge in [0.2, 0.25) is 0 Å². The molecule has 1 saturated carbocycles. The number of nitrogens with one attached hydrogen (secondary N) is 1. The van der Waals surface area contributed by atoms with E-state index in [1.807, 2.05) is 37.4 Å². The monoisotopic (exact) mass is 375 g/mol. The Morgan fingerprint density at radius 2 is 1.79 bits per heavy atom. The molecule has 0 spiro atoms. The zero-order chi connectivity index (χ0) is 19.9. The molecule has 0 saturated heterocycles. The van der Waals surface area contributed by atoms with E-state index in [4.69, 9.17) is 0 Å². The standard InChI is InChI=1S/C24H25NO3/c1-25-16-19-7-5-18(6-8-19)15-20-3-2-4-22(24(20)28)23(27)14-11-17-9-12-21(26)13-10-17/h5-15,22,25-26H,2-4,16H2,1H3/b14-11+,20-15+. The van der Waals surface area contributed by atoms with Crippen LogP contribution in [0.25, 0.3) is 12.2 Å². The summed E-state index contributed by atoms with van der Waals surface area (Å²) < 4.78 is 0. The van der Waals surface area contributed by atoms with Gasteiger partial charge in [-0.15, -0.1) is 0 Å². The van der Waals surface area contributed by atoms with Gasteiger partial charge < -0.3 is 10.4 Å². The van der Waals surface area contributed by atoms with E-state index in [1.54, 1.807) is 30.3 Å². The Kier molecular flexibility index (Phi) is 6.56. The first kappa shape index (κ1) is 19.8. The summed E-state index contributed by atoms with van der Waals surface area (Å²) in [6.45, 7) is 0.805. The van der Waals surface area contributed by atoms with Gasteiger partial charge in [0.1, 0.15) is 5.75 Å². The number of rotatable bonds is 6. The van der Waals surface area contributed by atoms with Crippen molar-refractivity contribution in [3.05, 3.63) is 76.9 Å². The first-order valence-corrected chi connectivity index (χ1v) is 9.56. The van der Waals surface area contributed by atoms with Crippen molar-refractivity contribution in [3.63, 3.8) is 0 Å². The summed E-state index contributed by atoms with van der Waals surface area (Å²) in [6, 6.07) is 14.7. The van der Waals surface area contributed by atoms with E-state index in [1.165, 1.54) is 11.6 Å². The summed E-state index contributed by atoms with van der Waals surface area (Å²) in [6.07, 6.45) is 7.21. The highest BCUT2D eigenvalue weighted by molar-refractivity contribution is 6.16. The predicted octanol–water partition coefficient (Wildman–Crippen LogP) is 4.15. The highest BCUT2D eigenvalue weighted by Crippen LogP contribution is 2.28. The highest BCUT2D eigenvalue weighted by atomic mass is 16.3. The van der Waals surface area contributed by atoms with Gasteiger partial charge in [-0.25, -0.2) is 0 Å². The molecule has 0 heterocycles. The molecule has 1 unspecified atom stereocenters. The van der Waals surface area contributed by atoms with Gasteiger partial charge in [-0.05, 0) is 72.9 Å². The van der Waals surface area contributed by atoms with Crippen LogP contribution in [0.1, 0.15) is 36.0 Å². The molecule has 0 bridgehead atoms. The Morgan fingerprint density at radius 1 is 1.11 bits per heavy atom. The molecule has 4 nitrogen and oxygen atoms in total. The van der Waals surface area contributed by atoms with E-state index in [2.05, 4.69) is 5.32 Å². The number of hydrogen-bond acceptors (Lipinski definition) is 4. The second kappa shape index (κ2) is 9.29. The number of phenols is 1. The molecule has 0 aliphatic heterocycles. The van der Waals surface area contributed by atoms with Gasteiger partial charge in [-0.2, -0.15) is 0 Å². The third-order valence-electron chi connectivity index (χ3n) is 4.95. The van der Waals surface area contributed by atoms with Crippen LogP contribution in [0, 0.1) is 5.92 Å². The minimum Gasteiger partial charge on any atom is -0.508 e. The smallest absolute Gasteiger partial charge is 0.169 e. The predicted molar refractivity (Wildman–Crippen MR) is 112 cm³/mol. The van der Waals surface area contributed by atoms with E-state index >= 15 is 0 Å². The van der Waals surface area contributed by atoms with Crippen LogP contribution in [0.3, 0.4) is 0 Å². The number of carbonyl (C=O) groups is 2. The van der Waals surface area contributed by atoms with Gasteiger partial charge in [0.15, 0.2) is 11.6 Å². The molecule has 1 aliphatic rings. The van der Waals surface area contributed by atoms with Crippen LogP contribution in [-0.2, 0) is 16.1 Å². The van der Waals surface area contributed by atoms with E-state index < -0.39 is 5.92 Å². The molecule has 1 fully saturated rings. The minimum atomic E-state index is -0.600. The van der Waals surface area contributed by atoms with Crippen LogP contribution in [0.15, 0.2) is 60.2 Å². The number of carbonyl (C=O) groups excluding carboxylic acids is 2. The van der Waals surface area contributed by atoms with Crippen LogP contribution in [0.5, 0.6) is 5.75 Å². The molecule has 2 aromatic rings. The lowest BCUT2D eigenvalue weighted by molar-refractivity contribution is -0.129. The molecule has 0 radical (unpaired) electrons. The molecule has 0 aromatic heterocycles. The maximum absolute atomic E-state index is 12.8. The summed E-state index contributed by atoms with van der Waals surface area (Å²) in [7, 11) is 1.91. The molecular weight excluding hydrogens is 350 g/mol. The molecule has 0 amide bonds. The first-order valence-electron chi connectivity index (χ1n) is 9.56. The fraction of sp³-hybridized carbons (Fsp3) is 0.250. The molecule has 1 aliphatic carbocycles. The second-order valence-corrected chi connectivity index (χ2v) is 7.08. The van der Waals surface area contributed by atoms with Crippen molar-refractivity contribution in [3.8, 4) is 5.75 Å². The lowest BCUT2D eigenvalue weighted by Gasteiger charge is -2.21. The van der Waals surface area contributed by atoms with Crippen molar-refractivity contribution in [2.75, 3.05) is 7.05 Å². The third-order valence-corrected chi connectivity index (χ3v) is 4.95. The molecular formula is C24H25NO3. The average Bonchev–Trinajstić information content (AvgIpc) is 2.70. The highest BCUT2D eigenvalue weighted by Gasteiger charge is 2.30. The summed E-state index contributed by atoms with van der Waals surface area (Å²) in [5, 5.41) is 12.4. The van der Waals surface area contributed by atoms with E-state index in [-0.39, 0.29) is 17.3 Å². The number of benzene rings is 2. The van der Waals surface area contributed by atoms with Crippen LogP contribution in [-0.4, -0.2) is 23.7 Å². The SMILES string of the molecule is CNCc1ccc(/C=C2\CCCC(C(=O)/C=C/c3ccc(O)cc3)C2=O)cc1. The number of phenolic OH excluding ortho intramolecular Hbond substituents is 1. The van der Waals surface area contributed by atoms with E-state index in [0.29, 0.717) is 12.8 Å². The molecule has 1 atom stereocenters. The lowest BCUT2D eigenvalue weighted by atomic mass is 9.81. The van der Waals surface area contributed by atoms with Crippen LogP contribution in [0.4, 0.5) is 0 Å². The minimum absolute atomic E-state index is 0.0640. The number of hydrogen-bond donors (Lipinski definition) is 2. The Balaban J connectivity index is 1.70. The van der Waals surface area contributed by atoms with Crippen LogP contribution < -0.4 is 5.32 Å². The fourth-order valence-corrected chi connectivity index (χ4v) is 3.41. The quantitative estimate of drug-likeness (QED) is 0.588.